The molecule has 1 N–H and O–H groups in total. The molecule has 3 heterocycles. The minimum absolute atomic E-state index is 0.225. The summed E-state index contributed by atoms with van der Waals surface area (Å²) in [4.78, 5) is 18.1. The highest BCUT2D eigenvalue weighted by molar-refractivity contribution is 7.14. The third-order valence-corrected chi connectivity index (χ3v) is 5.25. The van der Waals surface area contributed by atoms with Crippen LogP contribution in [0.3, 0.4) is 0 Å². The maximum atomic E-state index is 12.5. The van der Waals surface area contributed by atoms with Gasteiger partial charge in [-0.15, -0.1) is 5.10 Å². The number of carbonyl (C=O) groups is 1. The normalized spacial score (nSPS) is 12.4. The summed E-state index contributed by atoms with van der Waals surface area (Å²) in [5.74, 6) is 1.12. The molecule has 1 aromatic carbocycles. The third kappa shape index (κ3) is 2.90. The fraction of sp³-hybridized carbons (Fsp3) is 0.294. The molecule has 3 aromatic rings. The predicted octanol–water partition coefficient (Wildman–Crippen LogP) is 2.31. The van der Waals surface area contributed by atoms with Gasteiger partial charge < -0.3 is 14.8 Å². The fourth-order valence-corrected chi connectivity index (χ4v) is 3.49. The molecule has 134 valence electrons. The second kappa shape index (κ2) is 6.41. The highest BCUT2D eigenvalue weighted by Gasteiger charge is 2.20. The zero-order chi connectivity index (χ0) is 18.3. The molecule has 1 amide bonds. The van der Waals surface area contributed by atoms with E-state index in [1.54, 1.807) is 4.68 Å². The molecule has 0 radical (unpaired) electrons. The molecular formula is C17H17N5O3S. The molecular weight excluding hydrogens is 354 g/mol. The maximum Gasteiger partial charge on any atom is 0.274 e. The molecule has 4 rings (SSSR count). The number of hydrogen-bond donors (Lipinski definition) is 1. The summed E-state index contributed by atoms with van der Waals surface area (Å²) < 4.78 is 12.2. The summed E-state index contributed by atoms with van der Waals surface area (Å²) in [5.41, 5.74) is 2.81. The minimum atomic E-state index is -0.281. The number of hydrogen-bond acceptors (Lipinski definition) is 7. The summed E-state index contributed by atoms with van der Waals surface area (Å²) in [6, 6.07) is 5.57. The van der Waals surface area contributed by atoms with Crippen molar-refractivity contribution in [2.24, 2.45) is 0 Å². The van der Waals surface area contributed by atoms with E-state index in [1.165, 1.54) is 11.3 Å². The van der Waals surface area contributed by atoms with E-state index in [0.717, 1.165) is 16.1 Å². The van der Waals surface area contributed by atoms with Crippen LogP contribution in [0, 0.1) is 20.8 Å². The van der Waals surface area contributed by atoms with Crippen molar-refractivity contribution in [3.63, 3.8) is 0 Å². The number of thiazole rings is 1. The van der Waals surface area contributed by atoms with Crippen molar-refractivity contribution in [2.75, 3.05) is 6.79 Å². The first kappa shape index (κ1) is 16.5. The van der Waals surface area contributed by atoms with Crippen molar-refractivity contribution in [3.8, 4) is 16.6 Å². The van der Waals surface area contributed by atoms with Gasteiger partial charge in [0.25, 0.3) is 5.91 Å². The van der Waals surface area contributed by atoms with Crippen LogP contribution in [0.2, 0.25) is 0 Å². The topological polar surface area (TPSA) is 91.2 Å². The molecule has 2 aromatic heterocycles. The van der Waals surface area contributed by atoms with Crippen LogP contribution >= 0.6 is 11.3 Å². The monoisotopic (exact) mass is 371 g/mol. The van der Waals surface area contributed by atoms with Crippen molar-refractivity contribution in [1.82, 2.24) is 25.3 Å². The second-order valence-electron chi connectivity index (χ2n) is 5.94. The minimum Gasteiger partial charge on any atom is -0.454 e. The molecule has 0 aliphatic carbocycles. The van der Waals surface area contributed by atoms with Gasteiger partial charge in [0.15, 0.2) is 17.2 Å². The van der Waals surface area contributed by atoms with Crippen LogP contribution < -0.4 is 14.8 Å². The zero-order valence-electron chi connectivity index (χ0n) is 14.6. The Bertz CT molecular complexity index is 975. The quantitative estimate of drug-likeness (QED) is 0.757. The average Bonchev–Trinajstić information content (AvgIpc) is 3.32. The molecule has 0 saturated heterocycles. The molecule has 8 nitrogen and oxygen atoms in total. The summed E-state index contributed by atoms with van der Waals surface area (Å²) in [5, 5.41) is 11.7. The molecule has 0 spiro atoms. The van der Waals surface area contributed by atoms with E-state index in [4.69, 9.17) is 9.47 Å². The first-order valence-corrected chi connectivity index (χ1v) is 8.88. The van der Waals surface area contributed by atoms with E-state index < -0.39 is 0 Å². The van der Waals surface area contributed by atoms with Gasteiger partial charge in [0.1, 0.15) is 0 Å². The number of carbonyl (C=O) groups excluding carboxylic acids is 1. The van der Waals surface area contributed by atoms with Crippen molar-refractivity contribution in [3.05, 3.63) is 45.7 Å². The fourth-order valence-electron chi connectivity index (χ4n) is 2.58. The van der Waals surface area contributed by atoms with Gasteiger partial charge in [0.2, 0.25) is 11.9 Å². The van der Waals surface area contributed by atoms with Gasteiger partial charge >= 0.3 is 0 Å². The Hall–Kier alpha value is -2.94. The van der Waals surface area contributed by atoms with Crippen LogP contribution in [0.5, 0.6) is 11.5 Å². The summed E-state index contributed by atoms with van der Waals surface area (Å²) in [6.07, 6.45) is 0. The van der Waals surface area contributed by atoms with Crippen molar-refractivity contribution < 1.29 is 14.3 Å². The van der Waals surface area contributed by atoms with E-state index >= 15 is 0 Å². The van der Waals surface area contributed by atoms with Gasteiger partial charge in [0, 0.05) is 11.4 Å². The first-order chi connectivity index (χ1) is 12.5. The Kier molecular flexibility index (Phi) is 4.08. The van der Waals surface area contributed by atoms with Crippen molar-refractivity contribution >= 4 is 17.2 Å². The molecule has 0 saturated carbocycles. The van der Waals surface area contributed by atoms with Gasteiger partial charge in [0.05, 0.1) is 11.4 Å². The number of nitrogens with zero attached hydrogens (tertiary/aromatic N) is 4. The van der Waals surface area contributed by atoms with Gasteiger partial charge in [-0.05, 0) is 38.5 Å². The number of ether oxygens (including phenoxy) is 2. The molecule has 1 aliphatic heterocycles. The van der Waals surface area contributed by atoms with E-state index in [2.05, 4.69) is 20.6 Å². The van der Waals surface area contributed by atoms with Crippen LogP contribution in [-0.2, 0) is 6.54 Å². The lowest BCUT2D eigenvalue weighted by atomic mass is 10.2. The number of amides is 1. The SMILES string of the molecule is Cc1nc(-n2nnc(C(=O)NCc3ccc4c(c3)OCO4)c2C)sc1C. The number of nitrogens with one attached hydrogen (secondary N) is 1. The number of rotatable bonds is 4. The first-order valence-electron chi connectivity index (χ1n) is 8.06. The lowest BCUT2D eigenvalue weighted by Crippen LogP contribution is -2.24. The van der Waals surface area contributed by atoms with Crippen LogP contribution in [-0.4, -0.2) is 32.7 Å². The molecule has 1 aliphatic rings. The molecule has 0 atom stereocenters. The largest absolute Gasteiger partial charge is 0.454 e. The number of aryl methyl sites for hydroxylation is 2. The number of fused-ring (bicyclic) bond motifs is 1. The van der Waals surface area contributed by atoms with E-state index in [-0.39, 0.29) is 18.4 Å². The maximum absolute atomic E-state index is 12.5. The summed E-state index contributed by atoms with van der Waals surface area (Å²) in [7, 11) is 0. The zero-order valence-corrected chi connectivity index (χ0v) is 15.4. The van der Waals surface area contributed by atoms with Crippen LogP contribution in [0.4, 0.5) is 0 Å². The van der Waals surface area contributed by atoms with Gasteiger partial charge in [-0.3, -0.25) is 4.79 Å². The Labute approximate surface area is 153 Å². The van der Waals surface area contributed by atoms with Crippen molar-refractivity contribution in [1.29, 1.82) is 0 Å². The third-order valence-electron chi connectivity index (χ3n) is 4.20. The van der Waals surface area contributed by atoms with Crippen LogP contribution in [0.15, 0.2) is 18.2 Å². The van der Waals surface area contributed by atoms with E-state index in [0.29, 0.717) is 28.9 Å². The van der Waals surface area contributed by atoms with Gasteiger partial charge in [-0.2, -0.15) is 4.68 Å². The predicted molar refractivity (Wildman–Crippen MR) is 95.0 cm³/mol. The summed E-state index contributed by atoms with van der Waals surface area (Å²) >= 11 is 1.52. The smallest absolute Gasteiger partial charge is 0.274 e. The molecule has 26 heavy (non-hydrogen) atoms. The average molecular weight is 371 g/mol. The highest BCUT2D eigenvalue weighted by Crippen LogP contribution is 2.32. The van der Waals surface area contributed by atoms with Gasteiger partial charge in [-0.25, -0.2) is 4.98 Å². The standard InChI is InChI=1S/C17H17N5O3S/c1-9-11(3)26-17(19-9)22-10(2)15(20-21-22)16(23)18-7-12-4-5-13-14(6-12)25-8-24-13/h4-6H,7-8H2,1-3H3,(H,18,23). The number of aromatic nitrogens is 4. The second-order valence-corrected chi connectivity index (χ2v) is 7.13. The van der Waals surface area contributed by atoms with E-state index in [9.17, 15) is 4.79 Å². The lowest BCUT2D eigenvalue weighted by Gasteiger charge is -2.05. The Morgan fingerprint density at radius 2 is 2.08 bits per heavy atom. The van der Waals surface area contributed by atoms with Gasteiger partial charge in [-0.1, -0.05) is 22.6 Å². The molecule has 0 unspecified atom stereocenters. The highest BCUT2D eigenvalue weighted by atomic mass is 32.1. The summed E-state index contributed by atoms with van der Waals surface area (Å²) in [6.45, 7) is 6.34. The Balaban J connectivity index is 1.48. The lowest BCUT2D eigenvalue weighted by molar-refractivity contribution is 0.0945. The van der Waals surface area contributed by atoms with Crippen molar-refractivity contribution in [2.45, 2.75) is 27.3 Å². The molecule has 9 heteroatoms. The van der Waals surface area contributed by atoms with Crippen LogP contribution in [0.25, 0.3) is 5.13 Å². The molecule has 0 fully saturated rings. The van der Waals surface area contributed by atoms with Crippen LogP contribution in [0.1, 0.15) is 32.3 Å². The van der Waals surface area contributed by atoms with E-state index in [1.807, 2.05) is 39.0 Å². The Morgan fingerprint density at radius 1 is 1.27 bits per heavy atom. The Morgan fingerprint density at radius 3 is 2.85 bits per heavy atom. The molecule has 0 bridgehead atoms. The number of benzene rings is 1.